The van der Waals surface area contributed by atoms with E-state index >= 15 is 0 Å². The monoisotopic (exact) mass is 535 g/mol. The van der Waals surface area contributed by atoms with Gasteiger partial charge in [0.1, 0.15) is 5.75 Å². The molecule has 0 N–H and O–H groups in total. The molecule has 1 saturated heterocycles. The minimum atomic E-state index is -0.0938. The predicted molar refractivity (Wildman–Crippen MR) is 133 cm³/mol. The van der Waals surface area contributed by atoms with Crippen molar-refractivity contribution in [2.24, 2.45) is 17.3 Å². The van der Waals surface area contributed by atoms with Gasteiger partial charge in [-0.3, -0.25) is 9.69 Å². The highest BCUT2D eigenvalue weighted by Gasteiger charge is 2.33. The van der Waals surface area contributed by atoms with Crippen LogP contribution in [0.15, 0.2) is 30.3 Å². The molecule has 0 atom stereocenters. The number of hydrogen-bond donors (Lipinski definition) is 0. The second kappa shape index (κ2) is 9.26. The zero-order chi connectivity index (χ0) is 22.2. The van der Waals surface area contributed by atoms with Crippen LogP contribution in [0.2, 0.25) is 0 Å². The fourth-order valence-corrected chi connectivity index (χ4v) is 5.81. The van der Waals surface area contributed by atoms with E-state index in [-0.39, 0.29) is 11.9 Å². The number of hydrogen-bond acceptors (Lipinski definition) is 4. The van der Waals surface area contributed by atoms with E-state index in [9.17, 15) is 4.79 Å². The lowest BCUT2D eigenvalue weighted by molar-refractivity contribution is -0.151. The summed E-state index contributed by atoms with van der Waals surface area (Å²) in [5.74, 6) is 1.76. The highest BCUT2D eigenvalue weighted by atomic mass is 127. The first kappa shape index (κ1) is 22.8. The van der Waals surface area contributed by atoms with Crippen LogP contribution in [0.1, 0.15) is 52.0 Å². The number of halogens is 1. The van der Waals surface area contributed by atoms with Crippen molar-refractivity contribution >= 4 is 39.3 Å². The fourth-order valence-electron chi connectivity index (χ4n) is 5.01. The van der Waals surface area contributed by atoms with E-state index in [4.69, 9.17) is 9.47 Å². The summed E-state index contributed by atoms with van der Waals surface area (Å²) in [6.07, 6.45) is 5.15. The van der Waals surface area contributed by atoms with Crippen LogP contribution in [0.25, 0.3) is 10.8 Å². The number of fused-ring (bicyclic) bond motifs is 1. The van der Waals surface area contributed by atoms with Crippen molar-refractivity contribution in [2.45, 2.75) is 59.1 Å². The fraction of sp³-hybridized carbons (Fsp3) is 0.577. The molecule has 2 fully saturated rings. The number of likely N-dealkylation sites (tertiary alicyclic amines) is 1. The summed E-state index contributed by atoms with van der Waals surface area (Å²) < 4.78 is 12.5. The summed E-state index contributed by atoms with van der Waals surface area (Å²) in [5, 5.41) is 2.50. The Balaban J connectivity index is 1.38. The lowest BCUT2D eigenvalue weighted by atomic mass is 9.72. The SMILES string of the molecule is COC(=O)C1CN(Cc2ccc3c(I)c(O[C@H]4CC[C@H](C(C)(C)C)CC4)ccc3c2)C1. The number of benzene rings is 2. The number of carbonyl (C=O) groups is 1. The lowest BCUT2D eigenvalue weighted by Crippen LogP contribution is -2.49. The third kappa shape index (κ3) is 5.19. The largest absolute Gasteiger partial charge is 0.489 e. The smallest absolute Gasteiger partial charge is 0.311 e. The summed E-state index contributed by atoms with van der Waals surface area (Å²) in [5.41, 5.74) is 1.68. The highest BCUT2D eigenvalue weighted by Crippen LogP contribution is 2.40. The number of nitrogens with zero attached hydrogens (tertiary/aromatic N) is 1. The van der Waals surface area contributed by atoms with Gasteiger partial charge in [-0.15, -0.1) is 0 Å². The molecule has 2 aromatic rings. The molecule has 31 heavy (non-hydrogen) atoms. The van der Waals surface area contributed by atoms with Crippen LogP contribution in [0, 0.1) is 20.8 Å². The number of ether oxygens (including phenoxy) is 2. The van der Waals surface area contributed by atoms with E-state index in [1.54, 1.807) is 0 Å². The van der Waals surface area contributed by atoms with Crippen molar-refractivity contribution in [1.29, 1.82) is 0 Å². The Kier molecular flexibility index (Phi) is 6.82. The first-order chi connectivity index (χ1) is 14.7. The molecule has 1 saturated carbocycles. The highest BCUT2D eigenvalue weighted by molar-refractivity contribution is 14.1. The Hall–Kier alpha value is -1.34. The number of esters is 1. The van der Waals surface area contributed by atoms with Crippen LogP contribution >= 0.6 is 22.6 Å². The lowest BCUT2D eigenvalue weighted by Gasteiger charge is -2.37. The number of methoxy groups -OCH3 is 1. The molecular formula is C26H34INO3. The Morgan fingerprint density at radius 2 is 1.81 bits per heavy atom. The molecule has 2 aliphatic rings. The van der Waals surface area contributed by atoms with E-state index < -0.39 is 0 Å². The van der Waals surface area contributed by atoms with Gasteiger partial charge in [0, 0.05) is 19.6 Å². The van der Waals surface area contributed by atoms with E-state index in [1.165, 1.54) is 39.9 Å². The van der Waals surface area contributed by atoms with Gasteiger partial charge >= 0.3 is 5.97 Å². The second-order valence-corrected chi connectivity index (χ2v) is 11.4. The predicted octanol–water partition coefficient (Wildman–Crippen LogP) is 6.03. The summed E-state index contributed by atoms with van der Waals surface area (Å²) in [6, 6.07) is 11.0. The van der Waals surface area contributed by atoms with Crippen LogP contribution < -0.4 is 4.74 Å². The van der Waals surface area contributed by atoms with Crippen LogP contribution in [-0.2, 0) is 16.1 Å². The quantitative estimate of drug-likeness (QED) is 0.346. The van der Waals surface area contributed by atoms with Crippen molar-refractivity contribution < 1.29 is 14.3 Å². The molecule has 1 aliphatic heterocycles. The topological polar surface area (TPSA) is 38.8 Å². The molecular weight excluding hydrogens is 501 g/mol. The molecule has 0 amide bonds. The molecule has 0 unspecified atom stereocenters. The molecule has 2 aromatic carbocycles. The van der Waals surface area contributed by atoms with E-state index in [0.29, 0.717) is 11.5 Å². The van der Waals surface area contributed by atoms with Crippen molar-refractivity contribution in [2.75, 3.05) is 20.2 Å². The van der Waals surface area contributed by atoms with Crippen LogP contribution in [0.4, 0.5) is 0 Å². The van der Waals surface area contributed by atoms with Crippen LogP contribution in [0.3, 0.4) is 0 Å². The van der Waals surface area contributed by atoms with Crippen molar-refractivity contribution in [1.82, 2.24) is 4.90 Å². The molecule has 0 spiro atoms. The summed E-state index contributed by atoms with van der Waals surface area (Å²) in [6.45, 7) is 9.52. The standard InChI is InChI=1S/C26H34INO3/c1-26(2,3)20-7-9-21(10-8-20)31-23-12-6-18-13-17(5-11-22(18)24(23)27)14-28-15-19(16-28)25(29)30-4/h5-6,11-13,19-21H,7-10,14-16H2,1-4H3/t20-,21-. The van der Waals surface area contributed by atoms with Crippen molar-refractivity contribution in [3.8, 4) is 5.75 Å². The third-order valence-corrected chi connectivity index (χ3v) is 8.19. The van der Waals surface area contributed by atoms with Gasteiger partial charge in [0.25, 0.3) is 0 Å². The van der Waals surface area contributed by atoms with Gasteiger partial charge in [0.2, 0.25) is 0 Å². The van der Waals surface area contributed by atoms with Gasteiger partial charge in [-0.05, 0) is 88.1 Å². The first-order valence-corrected chi connectivity index (χ1v) is 12.5. The normalized spacial score (nSPS) is 22.9. The average Bonchev–Trinajstić information content (AvgIpc) is 2.71. The number of carbonyl (C=O) groups excluding carboxylic acids is 1. The van der Waals surface area contributed by atoms with E-state index in [0.717, 1.165) is 44.1 Å². The summed E-state index contributed by atoms with van der Waals surface area (Å²) in [4.78, 5) is 13.9. The van der Waals surface area contributed by atoms with Gasteiger partial charge in [0.15, 0.2) is 0 Å². The van der Waals surface area contributed by atoms with E-state index in [1.807, 2.05) is 0 Å². The second-order valence-electron chi connectivity index (χ2n) is 10.3. The van der Waals surface area contributed by atoms with Crippen LogP contribution in [-0.4, -0.2) is 37.2 Å². The van der Waals surface area contributed by atoms with Gasteiger partial charge in [-0.2, -0.15) is 0 Å². The van der Waals surface area contributed by atoms with Gasteiger partial charge in [0.05, 0.1) is 22.7 Å². The molecule has 5 heteroatoms. The molecule has 4 rings (SSSR count). The summed E-state index contributed by atoms with van der Waals surface area (Å²) in [7, 11) is 1.46. The summed E-state index contributed by atoms with van der Waals surface area (Å²) >= 11 is 2.43. The molecule has 0 aromatic heterocycles. The van der Waals surface area contributed by atoms with Gasteiger partial charge < -0.3 is 9.47 Å². The molecule has 0 radical (unpaired) electrons. The molecule has 4 nitrogen and oxygen atoms in total. The zero-order valence-corrected chi connectivity index (χ0v) is 21.3. The van der Waals surface area contributed by atoms with E-state index in [2.05, 4.69) is 78.6 Å². The zero-order valence-electron chi connectivity index (χ0n) is 19.1. The average molecular weight is 535 g/mol. The van der Waals surface area contributed by atoms with Crippen molar-refractivity contribution in [3.05, 3.63) is 39.5 Å². The Morgan fingerprint density at radius 3 is 2.45 bits per heavy atom. The number of rotatable bonds is 5. The maximum absolute atomic E-state index is 11.6. The first-order valence-electron chi connectivity index (χ1n) is 11.4. The Bertz CT molecular complexity index is 938. The minimum Gasteiger partial charge on any atom is -0.489 e. The molecule has 0 bridgehead atoms. The van der Waals surface area contributed by atoms with Crippen molar-refractivity contribution in [3.63, 3.8) is 0 Å². The van der Waals surface area contributed by atoms with Crippen LogP contribution in [0.5, 0.6) is 5.75 Å². The maximum Gasteiger partial charge on any atom is 0.311 e. The third-order valence-electron chi connectivity index (χ3n) is 7.07. The van der Waals surface area contributed by atoms with Gasteiger partial charge in [-0.1, -0.05) is 39.0 Å². The molecule has 168 valence electrons. The Labute approximate surface area is 199 Å². The molecule has 1 aliphatic carbocycles. The molecule has 1 heterocycles. The maximum atomic E-state index is 11.6. The van der Waals surface area contributed by atoms with Gasteiger partial charge in [-0.25, -0.2) is 0 Å². The minimum absolute atomic E-state index is 0.0320. The Morgan fingerprint density at radius 1 is 1.10 bits per heavy atom.